The van der Waals surface area contributed by atoms with Crippen molar-refractivity contribution in [1.29, 1.82) is 0 Å². The smallest absolute Gasteiger partial charge is 0.0424 e. The normalized spacial score (nSPS) is 13.0. The molecule has 1 heteroatoms. The monoisotopic (exact) mass is 241 g/mol. The molecule has 0 atom stereocenters. The molecule has 0 bridgehead atoms. The van der Waals surface area contributed by atoms with Crippen LogP contribution in [0.3, 0.4) is 0 Å². The SMILES string of the molecule is CC=C/C(=C\CCN=Cc1ccccc1)C(C)C. The first-order valence-corrected chi connectivity index (χ1v) is 6.61. The van der Waals surface area contributed by atoms with Crippen LogP contribution in [0.1, 0.15) is 32.8 Å². The van der Waals surface area contributed by atoms with Gasteiger partial charge in [0.25, 0.3) is 0 Å². The highest BCUT2D eigenvalue weighted by atomic mass is 14.7. The number of hydrogen-bond donors (Lipinski definition) is 0. The third kappa shape index (κ3) is 5.62. The van der Waals surface area contributed by atoms with E-state index in [0.717, 1.165) is 13.0 Å². The molecular weight excluding hydrogens is 218 g/mol. The number of benzene rings is 1. The second-order valence-electron chi connectivity index (χ2n) is 4.59. The number of rotatable bonds is 6. The molecule has 1 aromatic carbocycles. The fourth-order valence-corrected chi connectivity index (χ4v) is 1.70. The van der Waals surface area contributed by atoms with Gasteiger partial charge in [-0.3, -0.25) is 4.99 Å². The predicted octanol–water partition coefficient (Wildman–Crippen LogP) is 4.65. The van der Waals surface area contributed by atoms with Crippen molar-refractivity contribution in [2.75, 3.05) is 6.54 Å². The van der Waals surface area contributed by atoms with Crippen LogP contribution in [0.2, 0.25) is 0 Å². The molecule has 0 aliphatic carbocycles. The Balaban J connectivity index is 2.42. The molecule has 0 aliphatic rings. The fraction of sp³-hybridized carbons (Fsp3) is 0.353. The average molecular weight is 241 g/mol. The summed E-state index contributed by atoms with van der Waals surface area (Å²) in [7, 11) is 0. The summed E-state index contributed by atoms with van der Waals surface area (Å²) in [6, 6.07) is 10.2. The summed E-state index contributed by atoms with van der Waals surface area (Å²) < 4.78 is 0. The van der Waals surface area contributed by atoms with E-state index in [-0.39, 0.29) is 0 Å². The van der Waals surface area contributed by atoms with Crippen molar-refractivity contribution in [3.8, 4) is 0 Å². The Morgan fingerprint density at radius 2 is 1.94 bits per heavy atom. The summed E-state index contributed by atoms with van der Waals surface area (Å²) in [5.41, 5.74) is 2.56. The van der Waals surface area contributed by atoms with Crippen molar-refractivity contribution in [3.63, 3.8) is 0 Å². The quantitative estimate of drug-likeness (QED) is 0.390. The van der Waals surface area contributed by atoms with Gasteiger partial charge in [-0.25, -0.2) is 0 Å². The molecule has 0 radical (unpaired) electrons. The molecule has 0 amide bonds. The van der Waals surface area contributed by atoms with E-state index in [9.17, 15) is 0 Å². The Kier molecular flexibility index (Phi) is 6.78. The zero-order chi connectivity index (χ0) is 13.2. The van der Waals surface area contributed by atoms with E-state index in [1.54, 1.807) is 0 Å². The van der Waals surface area contributed by atoms with Gasteiger partial charge in [0.1, 0.15) is 0 Å². The maximum absolute atomic E-state index is 4.44. The summed E-state index contributed by atoms with van der Waals surface area (Å²) in [6.45, 7) is 7.35. The second kappa shape index (κ2) is 8.46. The summed E-state index contributed by atoms with van der Waals surface area (Å²) in [4.78, 5) is 4.44. The molecule has 18 heavy (non-hydrogen) atoms. The highest BCUT2D eigenvalue weighted by Gasteiger charge is 1.97. The molecule has 0 heterocycles. The number of allylic oxidation sites excluding steroid dienone is 3. The zero-order valence-corrected chi connectivity index (χ0v) is 11.6. The van der Waals surface area contributed by atoms with E-state index in [0.29, 0.717) is 5.92 Å². The molecule has 1 aromatic rings. The molecule has 0 saturated carbocycles. The van der Waals surface area contributed by atoms with Crippen LogP contribution in [0.15, 0.2) is 59.1 Å². The summed E-state index contributed by atoms with van der Waals surface area (Å²) in [6.07, 6.45) is 9.51. The first-order valence-electron chi connectivity index (χ1n) is 6.61. The lowest BCUT2D eigenvalue weighted by atomic mass is 10.0. The van der Waals surface area contributed by atoms with Crippen molar-refractivity contribution in [2.24, 2.45) is 10.9 Å². The van der Waals surface area contributed by atoms with Gasteiger partial charge >= 0.3 is 0 Å². The number of nitrogens with zero attached hydrogens (tertiary/aromatic N) is 1. The van der Waals surface area contributed by atoms with E-state index in [1.165, 1.54) is 11.1 Å². The van der Waals surface area contributed by atoms with Crippen molar-refractivity contribution in [1.82, 2.24) is 0 Å². The van der Waals surface area contributed by atoms with Gasteiger partial charge in [0.2, 0.25) is 0 Å². The minimum atomic E-state index is 0.583. The molecule has 0 N–H and O–H groups in total. The van der Waals surface area contributed by atoms with Gasteiger partial charge < -0.3 is 0 Å². The van der Waals surface area contributed by atoms with Gasteiger partial charge in [0.15, 0.2) is 0 Å². The molecule has 1 rings (SSSR count). The molecular formula is C17H23N. The number of aliphatic imine (C=N–C) groups is 1. The van der Waals surface area contributed by atoms with E-state index >= 15 is 0 Å². The molecule has 0 aromatic heterocycles. The Hall–Kier alpha value is -1.63. The maximum atomic E-state index is 4.44. The Bertz CT molecular complexity index is 410. The summed E-state index contributed by atoms with van der Waals surface area (Å²) >= 11 is 0. The lowest BCUT2D eigenvalue weighted by molar-refractivity contribution is 0.782. The molecule has 0 unspecified atom stereocenters. The van der Waals surface area contributed by atoms with E-state index in [4.69, 9.17) is 0 Å². The van der Waals surface area contributed by atoms with Gasteiger partial charge in [0.05, 0.1) is 0 Å². The van der Waals surface area contributed by atoms with Gasteiger partial charge in [-0.15, -0.1) is 0 Å². The molecule has 96 valence electrons. The van der Waals surface area contributed by atoms with Crippen molar-refractivity contribution in [3.05, 3.63) is 59.7 Å². The van der Waals surface area contributed by atoms with Crippen LogP contribution < -0.4 is 0 Å². The zero-order valence-electron chi connectivity index (χ0n) is 11.6. The summed E-state index contributed by atoms with van der Waals surface area (Å²) in [5.74, 6) is 0.583. The van der Waals surface area contributed by atoms with E-state index in [2.05, 4.69) is 56.1 Å². The molecule has 0 aliphatic heterocycles. The van der Waals surface area contributed by atoms with E-state index < -0.39 is 0 Å². The highest BCUT2D eigenvalue weighted by molar-refractivity contribution is 5.79. The predicted molar refractivity (Wildman–Crippen MR) is 81.3 cm³/mol. The van der Waals surface area contributed by atoms with Crippen LogP contribution >= 0.6 is 0 Å². The van der Waals surface area contributed by atoms with Gasteiger partial charge in [0, 0.05) is 12.8 Å². The van der Waals surface area contributed by atoms with Crippen LogP contribution in [-0.2, 0) is 0 Å². The van der Waals surface area contributed by atoms with Gasteiger partial charge in [-0.2, -0.15) is 0 Å². The highest BCUT2D eigenvalue weighted by Crippen LogP contribution is 2.11. The lowest BCUT2D eigenvalue weighted by Crippen LogP contribution is -1.91. The minimum Gasteiger partial charge on any atom is -0.292 e. The van der Waals surface area contributed by atoms with Crippen molar-refractivity contribution in [2.45, 2.75) is 27.2 Å². The van der Waals surface area contributed by atoms with Crippen LogP contribution in [0.25, 0.3) is 0 Å². The van der Waals surface area contributed by atoms with Crippen LogP contribution in [0.5, 0.6) is 0 Å². The molecule has 0 fully saturated rings. The van der Waals surface area contributed by atoms with Crippen molar-refractivity contribution < 1.29 is 0 Å². The third-order valence-electron chi connectivity index (χ3n) is 2.70. The lowest BCUT2D eigenvalue weighted by Gasteiger charge is -2.05. The first kappa shape index (κ1) is 14.4. The summed E-state index contributed by atoms with van der Waals surface area (Å²) in [5, 5.41) is 0. The van der Waals surface area contributed by atoms with Gasteiger partial charge in [-0.1, -0.05) is 62.4 Å². The Labute approximate surface area is 111 Å². The van der Waals surface area contributed by atoms with Crippen LogP contribution in [0.4, 0.5) is 0 Å². The average Bonchev–Trinajstić information content (AvgIpc) is 2.38. The van der Waals surface area contributed by atoms with Gasteiger partial charge in [-0.05, 0) is 30.4 Å². The Morgan fingerprint density at radius 3 is 2.56 bits per heavy atom. The minimum absolute atomic E-state index is 0.583. The molecule has 1 nitrogen and oxygen atoms in total. The van der Waals surface area contributed by atoms with Crippen LogP contribution in [0, 0.1) is 5.92 Å². The maximum Gasteiger partial charge on any atom is 0.0424 e. The van der Waals surface area contributed by atoms with E-state index in [1.807, 2.05) is 24.4 Å². The third-order valence-corrected chi connectivity index (χ3v) is 2.70. The Morgan fingerprint density at radius 1 is 1.22 bits per heavy atom. The van der Waals surface area contributed by atoms with Crippen molar-refractivity contribution >= 4 is 6.21 Å². The fourth-order valence-electron chi connectivity index (χ4n) is 1.70. The first-order chi connectivity index (χ1) is 8.74. The standard InChI is InChI=1S/C17H23N/c1-4-9-17(15(2)3)12-8-13-18-14-16-10-6-5-7-11-16/h4-7,9-12,14-15H,8,13H2,1-3H3/b9-4?,17-12+,18-14?. The topological polar surface area (TPSA) is 12.4 Å². The van der Waals surface area contributed by atoms with Crippen LogP contribution in [-0.4, -0.2) is 12.8 Å². The molecule has 0 saturated heterocycles. The second-order valence-corrected chi connectivity index (χ2v) is 4.59. The largest absolute Gasteiger partial charge is 0.292 e. The molecule has 0 spiro atoms. The number of hydrogen-bond acceptors (Lipinski definition) is 1.